The molecule has 37 heavy (non-hydrogen) atoms. The van der Waals surface area contributed by atoms with Crippen molar-refractivity contribution in [2.45, 2.75) is 76.5 Å². The zero-order chi connectivity index (χ0) is 27.0. The van der Waals surface area contributed by atoms with Crippen LogP contribution in [0, 0.1) is 17.8 Å². The van der Waals surface area contributed by atoms with Gasteiger partial charge in [-0.25, -0.2) is 8.42 Å². The summed E-state index contributed by atoms with van der Waals surface area (Å²) in [7, 11) is -3.27. The number of anilines is 1. The van der Waals surface area contributed by atoms with Gasteiger partial charge in [-0.1, -0.05) is 32.9 Å². The Hall–Kier alpha value is -1.91. The highest BCUT2D eigenvalue weighted by Gasteiger charge is 2.42. The van der Waals surface area contributed by atoms with Crippen LogP contribution in [0.3, 0.4) is 0 Å². The van der Waals surface area contributed by atoms with E-state index in [1.165, 1.54) is 10.4 Å². The molecule has 0 spiro atoms. The Morgan fingerprint density at radius 2 is 1.78 bits per heavy atom. The summed E-state index contributed by atoms with van der Waals surface area (Å²) in [5.74, 6) is -0.660. The topological polar surface area (TPSA) is 66.5 Å². The van der Waals surface area contributed by atoms with E-state index in [2.05, 4.69) is 24.1 Å². The lowest BCUT2D eigenvalue weighted by atomic mass is 9.81. The van der Waals surface area contributed by atoms with Crippen LogP contribution in [0.15, 0.2) is 35.2 Å². The van der Waals surface area contributed by atoms with Crippen LogP contribution in [-0.4, -0.2) is 37.7 Å². The van der Waals surface area contributed by atoms with Gasteiger partial charge in [-0.05, 0) is 66.8 Å². The Kier molecular flexibility index (Phi) is 8.40. The molecule has 1 atom stereocenters. The van der Waals surface area contributed by atoms with Gasteiger partial charge in [-0.2, -0.15) is 13.2 Å². The number of halogens is 3. The van der Waals surface area contributed by atoms with Crippen molar-refractivity contribution in [2.75, 3.05) is 17.6 Å². The predicted molar refractivity (Wildman–Crippen MR) is 140 cm³/mol. The summed E-state index contributed by atoms with van der Waals surface area (Å²) in [5, 5.41) is 3.77. The maximum absolute atomic E-state index is 13.0. The van der Waals surface area contributed by atoms with Gasteiger partial charge in [-0.15, -0.1) is 11.3 Å². The van der Waals surface area contributed by atoms with Crippen molar-refractivity contribution < 1.29 is 26.4 Å². The normalized spacial score (nSPS) is 22.8. The molecule has 1 aromatic heterocycles. The quantitative estimate of drug-likeness (QED) is 0.398. The lowest BCUT2D eigenvalue weighted by Crippen LogP contribution is -2.35. The van der Waals surface area contributed by atoms with Crippen LogP contribution in [0.25, 0.3) is 0 Å². The fourth-order valence-electron chi connectivity index (χ4n) is 5.62. The largest absolute Gasteiger partial charge is 0.391 e. The van der Waals surface area contributed by atoms with Crippen molar-refractivity contribution in [3.8, 4) is 0 Å². The zero-order valence-corrected chi connectivity index (χ0v) is 23.1. The number of sulfone groups is 1. The van der Waals surface area contributed by atoms with E-state index in [9.17, 15) is 26.4 Å². The molecule has 1 amide bonds. The molecule has 2 heterocycles. The van der Waals surface area contributed by atoms with E-state index in [1.54, 1.807) is 42.5 Å². The Labute approximate surface area is 221 Å². The molecule has 4 rings (SSSR count). The van der Waals surface area contributed by atoms with Crippen LogP contribution in [0.4, 0.5) is 18.2 Å². The minimum Gasteiger partial charge on any atom is -0.317 e. The molecular formula is C27H35F3N2O3S2. The summed E-state index contributed by atoms with van der Waals surface area (Å²) in [4.78, 5) is 16.6. The molecule has 1 saturated carbocycles. The molecule has 1 aromatic carbocycles. The number of thiophene rings is 1. The highest BCUT2D eigenvalue weighted by Crippen LogP contribution is 2.47. The number of alkyl halides is 3. The number of rotatable bonds is 8. The molecule has 0 bridgehead atoms. The van der Waals surface area contributed by atoms with Crippen molar-refractivity contribution >= 4 is 32.1 Å². The van der Waals surface area contributed by atoms with E-state index in [0.29, 0.717) is 18.8 Å². The highest BCUT2D eigenvalue weighted by atomic mass is 32.2. The number of hydrogen-bond acceptors (Lipinski definition) is 5. The number of amides is 1. The van der Waals surface area contributed by atoms with Crippen LogP contribution < -0.4 is 5.32 Å². The Balaban J connectivity index is 1.35. The second kappa shape index (κ2) is 11.1. The summed E-state index contributed by atoms with van der Waals surface area (Å²) < 4.78 is 63.1. The van der Waals surface area contributed by atoms with Gasteiger partial charge in [0.1, 0.15) is 0 Å². The van der Waals surface area contributed by atoms with Crippen LogP contribution in [0.5, 0.6) is 0 Å². The standard InChI is InChI=1S/C27H35F3N2O3S2/c1-4-37(34,35)22-11-7-18(8-12-22)13-23(33)31-24-14-20-16-32(25(17(2)3)26(20)36-24)15-19-5-9-21(10-6-19)27(28,29)30/h7-8,11-12,14,17,19,21,25H,4-6,9-10,13,15-16H2,1-3H3,(H,31,33)/t19?,21?,25-/m1/s1. The second-order valence-corrected chi connectivity index (χ2v) is 14.0. The number of hydrogen-bond donors (Lipinski definition) is 1. The fourth-order valence-corrected chi connectivity index (χ4v) is 7.90. The Morgan fingerprint density at radius 1 is 1.14 bits per heavy atom. The molecule has 1 aliphatic heterocycles. The molecule has 0 radical (unpaired) electrons. The molecule has 2 aliphatic rings. The number of nitrogens with zero attached hydrogens (tertiary/aromatic N) is 1. The van der Waals surface area contributed by atoms with Gasteiger partial charge in [0.25, 0.3) is 0 Å². The van der Waals surface area contributed by atoms with Crippen LogP contribution in [-0.2, 0) is 27.6 Å². The lowest BCUT2D eigenvalue weighted by molar-refractivity contribution is -0.184. The van der Waals surface area contributed by atoms with Gasteiger partial charge in [0.15, 0.2) is 9.84 Å². The monoisotopic (exact) mass is 556 g/mol. The van der Waals surface area contributed by atoms with Gasteiger partial charge in [0, 0.05) is 24.0 Å². The third-order valence-electron chi connectivity index (χ3n) is 7.60. The maximum Gasteiger partial charge on any atom is 0.391 e. The van der Waals surface area contributed by atoms with Gasteiger partial charge >= 0.3 is 6.18 Å². The molecule has 0 saturated heterocycles. The average Bonchev–Trinajstić information content (AvgIpc) is 3.35. The van der Waals surface area contributed by atoms with Gasteiger partial charge in [0.05, 0.1) is 28.0 Å². The van der Waals surface area contributed by atoms with Crippen LogP contribution in [0.2, 0.25) is 0 Å². The fraction of sp³-hybridized carbons (Fsp3) is 0.593. The molecule has 1 fully saturated rings. The van der Waals surface area contributed by atoms with Gasteiger partial charge < -0.3 is 5.32 Å². The minimum absolute atomic E-state index is 0.0316. The Morgan fingerprint density at radius 3 is 2.35 bits per heavy atom. The summed E-state index contributed by atoms with van der Waals surface area (Å²) in [6.45, 7) is 7.47. The first-order valence-corrected chi connectivity index (χ1v) is 15.4. The average molecular weight is 557 g/mol. The van der Waals surface area contributed by atoms with Gasteiger partial charge in [-0.3, -0.25) is 9.69 Å². The molecular weight excluding hydrogens is 521 g/mol. The molecule has 0 unspecified atom stereocenters. The van der Waals surface area contributed by atoms with Crippen LogP contribution >= 0.6 is 11.3 Å². The number of carbonyl (C=O) groups excluding carboxylic acids is 1. The van der Waals surface area contributed by atoms with Crippen molar-refractivity contribution in [2.24, 2.45) is 17.8 Å². The first-order chi connectivity index (χ1) is 17.4. The summed E-state index contributed by atoms with van der Waals surface area (Å²) in [6.07, 6.45) is -2.25. The van der Waals surface area contributed by atoms with Crippen molar-refractivity contribution in [3.63, 3.8) is 0 Å². The number of benzene rings is 1. The SMILES string of the molecule is CCS(=O)(=O)c1ccc(CC(=O)Nc2cc3c(s2)[C@@H](C(C)C)N(CC2CCC(C(F)(F)F)CC2)C3)cc1. The molecule has 2 aromatic rings. The van der Waals surface area contributed by atoms with Gasteiger partial charge in [0.2, 0.25) is 5.91 Å². The smallest absolute Gasteiger partial charge is 0.317 e. The first kappa shape index (κ1) is 28.1. The van der Waals surface area contributed by atoms with E-state index in [-0.39, 0.29) is 47.8 Å². The third kappa shape index (κ3) is 6.57. The maximum atomic E-state index is 13.0. The summed E-state index contributed by atoms with van der Waals surface area (Å²) >= 11 is 1.57. The Bertz CT molecular complexity index is 1200. The molecule has 1 N–H and O–H groups in total. The van der Waals surface area contributed by atoms with E-state index < -0.39 is 21.9 Å². The van der Waals surface area contributed by atoms with Crippen molar-refractivity contribution in [1.29, 1.82) is 0 Å². The minimum atomic E-state index is -4.08. The first-order valence-electron chi connectivity index (χ1n) is 12.9. The number of carbonyl (C=O) groups is 1. The molecule has 5 nitrogen and oxygen atoms in total. The van der Waals surface area contributed by atoms with Crippen molar-refractivity contribution in [1.82, 2.24) is 4.90 Å². The number of nitrogens with one attached hydrogen (secondary N) is 1. The lowest BCUT2D eigenvalue weighted by Gasteiger charge is -2.35. The predicted octanol–water partition coefficient (Wildman–Crippen LogP) is 6.60. The second-order valence-electron chi connectivity index (χ2n) is 10.7. The van der Waals surface area contributed by atoms with E-state index in [1.807, 2.05) is 6.07 Å². The van der Waals surface area contributed by atoms with E-state index in [4.69, 9.17) is 0 Å². The summed E-state index contributed by atoms with van der Waals surface area (Å²) in [5.41, 5.74) is 1.92. The van der Waals surface area contributed by atoms with Crippen molar-refractivity contribution in [3.05, 3.63) is 46.3 Å². The molecule has 1 aliphatic carbocycles. The third-order valence-corrected chi connectivity index (χ3v) is 10.5. The number of fused-ring (bicyclic) bond motifs is 1. The van der Waals surface area contributed by atoms with E-state index in [0.717, 1.165) is 23.7 Å². The van der Waals surface area contributed by atoms with E-state index >= 15 is 0 Å². The summed E-state index contributed by atoms with van der Waals surface area (Å²) in [6, 6.07) is 8.64. The highest BCUT2D eigenvalue weighted by molar-refractivity contribution is 7.91. The van der Waals surface area contributed by atoms with Crippen LogP contribution in [0.1, 0.15) is 68.5 Å². The molecule has 204 valence electrons. The molecule has 10 heteroatoms. The zero-order valence-electron chi connectivity index (χ0n) is 21.5.